The number of carbonyl (C=O) groups is 2. The van der Waals surface area contributed by atoms with E-state index in [2.05, 4.69) is 28.3 Å². The van der Waals surface area contributed by atoms with Gasteiger partial charge in [0.2, 0.25) is 5.91 Å². The molecule has 3 rings (SSSR count). The van der Waals surface area contributed by atoms with E-state index in [4.69, 9.17) is 9.15 Å². The highest BCUT2D eigenvalue weighted by Gasteiger charge is 2.37. The third-order valence-electron chi connectivity index (χ3n) is 4.05. The molecule has 0 saturated heterocycles. The molecule has 8 nitrogen and oxygen atoms in total. The van der Waals surface area contributed by atoms with Crippen LogP contribution in [0.3, 0.4) is 0 Å². The zero-order chi connectivity index (χ0) is 21.5. The van der Waals surface area contributed by atoms with Crippen LogP contribution in [0.25, 0.3) is 0 Å². The van der Waals surface area contributed by atoms with Gasteiger partial charge >= 0.3 is 5.97 Å². The Labute approximate surface area is 181 Å². The first-order valence-electron chi connectivity index (χ1n) is 8.80. The molecule has 2 aromatic rings. The molecule has 0 fully saturated rings. The second-order valence-electron chi connectivity index (χ2n) is 6.03. The molecule has 3 heterocycles. The molecule has 1 aliphatic rings. The topological polar surface area (TPSA) is 117 Å². The molecule has 30 heavy (non-hydrogen) atoms. The number of thiazole rings is 1. The van der Waals surface area contributed by atoms with E-state index >= 15 is 0 Å². The number of allylic oxidation sites excluding steroid dienone is 2. The zero-order valence-electron chi connectivity index (χ0n) is 16.0. The summed E-state index contributed by atoms with van der Waals surface area (Å²) < 4.78 is 10.7. The Hall–Kier alpha value is -3.29. The maximum Gasteiger partial charge on any atom is 0.337 e. The van der Waals surface area contributed by atoms with Gasteiger partial charge in [-0.15, -0.1) is 11.3 Å². The molecule has 10 heteroatoms. The number of hydrogen-bond acceptors (Lipinski definition) is 9. The first-order valence-corrected chi connectivity index (χ1v) is 10.7. The lowest BCUT2D eigenvalue weighted by molar-refractivity contribution is -0.138. The number of nitriles is 1. The van der Waals surface area contributed by atoms with Crippen LogP contribution in [0.5, 0.6) is 0 Å². The van der Waals surface area contributed by atoms with Crippen molar-refractivity contribution in [3.05, 3.63) is 70.3 Å². The Kier molecular flexibility index (Phi) is 7.11. The number of thioether (sulfide) groups is 1. The number of nitrogens with one attached hydrogen (secondary N) is 2. The van der Waals surface area contributed by atoms with Gasteiger partial charge in [-0.05, 0) is 19.1 Å². The Morgan fingerprint density at radius 2 is 2.40 bits per heavy atom. The molecule has 1 aliphatic heterocycles. The van der Waals surface area contributed by atoms with Gasteiger partial charge in [-0.2, -0.15) is 5.26 Å². The van der Waals surface area contributed by atoms with Crippen LogP contribution in [0.1, 0.15) is 18.6 Å². The van der Waals surface area contributed by atoms with Crippen LogP contribution in [0.4, 0.5) is 5.13 Å². The summed E-state index contributed by atoms with van der Waals surface area (Å²) >= 11 is 2.48. The second kappa shape index (κ2) is 9.96. The molecule has 0 bridgehead atoms. The van der Waals surface area contributed by atoms with Crippen LogP contribution in [0.2, 0.25) is 0 Å². The fraction of sp³-hybridized carbons (Fsp3) is 0.200. The number of aromatic nitrogens is 1. The number of hydrogen-bond donors (Lipinski definition) is 2. The third-order valence-corrected chi connectivity index (χ3v) is 5.76. The molecule has 0 spiro atoms. The van der Waals surface area contributed by atoms with Crippen molar-refractivity contribution in [2.24, 2.45) is 0 Å². The molecule has 2 aromatic heterocycles. The summed E-state index contributed by atoms with van der Waals surface area (Å²) in [4.78, 5) is 28.9. The van der Waals surface area contributed by atoms with Gasteiger partial charge in [-0.1, -0.05) is 24.4 Å². The monoisotopic (exact) mass is 442 g/mol. The first-order chi connectivity index (χ1) is 14.5. The smallest absolute Gasteiger partial charge is 0.337 e. The molecule has 0 saturated carbocycles. The van der Waals surface area contributed by atoms with Gasteiger partial charge < -0.3 is 19.8 Å². The van der Waals surface area contributed by atoms with Gasteiger partial charge in [0.05, 0.1) is 40.2 Å². The normalized spacial score (nSPS) is 15.9. The van der Waals surface area contributed by atoms with E-state index in [1.54, 1.807) is 30.6 Å². The average Bonchev–Trinajstić information content (AvgIpc) is 3.44. The number of furan rings is 1. The summed E-state index contributed by atoms with van der Waals surface area (Å²) in [6, 6.07) is 5.53. The lowest BCUT2D eigenvalue weighted by atomic mass is 9.86. The highest BCUT2D eigenvalue weighted by molar-refractivity contribution is 8.03. The minimum absolute atomic E-state index is 0.0463. The highest BCUT2D eigenvalue weighted by atomic mass is 32.2. The maximum atomic E-state index is 12.7. The number of dihydropyridines is 1. The van der Waals surface area contributed by atoms with Gasteiger partial charge in [-0.25, -0.2) is 9.78 Å². The summed E-state index contributed by atoms with van der Waals surface area (Å²) in [5, 5.41) is 18.4. The summed E-state index contributed by atoms with van der Waals surface area (Å²) in [5.74, 6) is -1.08. The fourth-order valence-corrected chi connectivity index (χ4v) is 4.26. The Balaban J connectivity index is 1.86. The standard InChI is InChI=1S/C20H18N4O4S2/c1-3-7-28-19(26)16-12(2)23-18(13(10-21)17(16)14-5-4-8-27-14)30-11-15(25)24-20-22-6-9-29-20/h3-6,8-9,17,23H,1,7,11H2,2H3,(H,22,24,25)/t17-/m1/s1. The average molecular weight is 443 g/mol. The molecular formula is C20H18N4O4S2. The van der Waals surface area contributed by atoms with Gasteiger partial charge in [0.25, 0.3) is 0 Å². The molecule has 1 atom stereocenters. The number of esters is 1. The van der Waals surface area contributed by atoms with E-state index in [1.807, 2.05) is 0 Å². The minimum atomic E-state index is -0.743. The largest absolute Gasteiger partial charge is 0.468 e. The van der Waals surface area contributed by atoms with Crippen molar-refractivity contribution in [1.82, 2.24) is 10.3 Å². The SMILES string of the molecule is C=CCOC(=O)C1=C(C)NC(SCC(=O)Nc2nccs2)=C(C#N)[C@@H]1c1ccco1. The summed E-state index contributed by atoms with van der Waals surface area (Å²) in [7, 11) is 0. The first kappa shape index (κ1) is 21.4. The molecule has 0 aliphatic carbocycles. The Bertz CT molecular complexity index is 1030. The van der Waals surface area contributed by atoms with Crippen molar-refractivity contribution < 1.29 is 18.7 Å². The molecule has 2 N–H and O–H groups in total. The van der Waals surface area contributed by atoms with E-state index < -0.39 is 11.9 Å². The van der Waals surface area contributed by atoms with Crippen LogP contribution in [0, 0.1) is 11.3 Å². The lowest BCUT2D eigenvalue weighted by Crippen LogP contribution is -2.29. The molecule has 1 amide bonds. The molecule has 0 radical (unpaired) electrons. The van der Waals surface area contributed by atoms with E-state index in [-0.39, 0.29) is 29.4 Å². The number of nitrogens with zero attached hydrogens (tertiary/aromatic N) is 2. The van der Waals surface area contributed by atoms with Crippen molar-refractivity contribution in [3.8, 4) is 6.07 Å². The van der Waals surface area contributed by atoms with Crippen molar-refractivity contribution in [2.45, 2.75) is 12.8 Å². The summed E-state index contributed by atoms with van der Waals surface area (Å²) in [6.07, 6.45) is 4.54. The number of rotatable bonds is 8. The quantitative estimate of drug-likeness (QED) is 0.471. The predicted molar refractivity (Wildman–Crippen MR) is 114 cm³/mol. The van der Waals surface area contributed by atoms with Crippen LogP contribution in [-0.2, 0) is 14.3 Å². The molecular weight excluding hydrogens is 424 g/mol. The number of amides is 1. The Morgan fingerprint density at radius 3 is 3.03 bits per heavy atom. The van der Waals surface area contributed by atoms with Crippen molar-refractivity contribution >= 4 is 40.1 Å². The van der Waals surface area contributed by atoms with Crippen LogP contribution >= 0.6 is 23.1 Å². The third kappa shape index (κ3) is 4.82. The molecule has 0 unspecified atom stereocenters. The highest BCUT2D eigenvalue weighted by Crippen LogP contribution is 2.41. The van der Waals surface area contributed by atoms with Gasteiger partial charge in [0.1, 0.15) is 12.4 Å². The molecule has 0 aromatic carbocycles. The lowest BCUT2D eigenvalue weighted by Gasteiger charge is -2.27. The second-order valence-corrected chi connectivity index (χ2v) is 7.91. The van der Waals surface area contributed by atoms with Crippen LogP contribution in [-0.4, -0.2) is 29.2 Å². The fourth-order valence-electron chi connectivity index (χ4n) is 2.83. The number of anilines is 1. The predicted octanol–water partition coefficient (Wildman–Crippen LogP) is 3.53. The van der Waals surface area contributed by atoms with Gasteiger partial charge in [-0.3, -0.25) is 4.79 Å². The Morgan fingerprint density at radius 1 is 1.57 bits per heavy atom. The van der Waals surface area contributed by atoms with Crippen molar-refractivity contribution in [2.75, 3.05) is 17.7 Å². The minimum Gasteiger partial charge on any atom is -0.468 e. The van der Waals surface area contributed by atoms with E-state index in [0.29, 0.717) is 21.6 Å². The van der Waals surface area contributed by atoms with Gasteiger partial charge in [0.15, 0.2) is 5.13 Å². The van der Waals surface area contributed by atoms with E-state index in [0.717, 1.165) is 11.8 Å². The van der Waals surface area contributed by atoms with E-state index in [9.17, 15) is 14.9 Å². The number of carbonyl (C=O) groups excluding carboxylic acids is 2. The van der Waals surface area contributed by atoms with Crippen molar-refractivity contribution in [1.29, 1.82) is 5.26 Å². The number of ether oxygens (including phenoxy) is 1. The maximum absolute atomic E-state index is 12.7. The zero-order valence-corrected chi connectivity index (χ0v) is 17.6. The summed E-state index contributed by atoms with van der Waals surface area (Å²) in [6.45, 7) is 5.30. The van der Waals surface area contributed by atoms with Crippen LogP contribution < -0.4 is 10.6 Å². The van der Waals surface area contributed by atoms with E-state index in [1.165, 1.54) is 23.7 Å². The van der Waals surface area contributed by atoms with Gasteiger partial charge in [0, 0.05) is 17.3 Å². The molecule has 154 valence electrons. The van der Waals surface area contributed by atoms with Crippen LogP contribution in [0.15, 0.2) is 68.9 Å². The summed E-state index contributed by atoms with van der Waals surface area (Å²) in [5.41, 5.74) is 1.07. The van der Waals surface area contributed by atoms with Crippen molar-refractivity contribution in [3.63, 3.8) is 0 Å².